The van der Waals surface area contributed by atoms with Crippen LogP contribution in [0.15, 0.2) is 24.3 Å². The number of carbonyl (C=O) groups excluding carboxylic acids is 2. The molecule has 1 aromatic rings. The molecule has 2 N–H and O–H groups in total. The Kier molecular flexibility index (Phi) is 4.69. The van der Waals surface area contributed by atoms with Crippen LogP contribution in [0.4, 0.5) is 21.0 Å². The van der Waals surface area contributed by atoms with E-state index in [1.165, 1.54) is 19.3 Å². The number of hydrogen-bond acceptors (Lipinski definition) is 3. The van der Waals surface area contributed by atoms with Crippen molar-refractivity contribution in [1.82, 2.24) is 5.32 Å². The molecule has 2 fully saturated rings. The molecule has 0 spiro atoms. The molecule has 2 unspecified atom stereocenters. The van der Waals surface area contributed by atoms with Crippen molar-refractivity contribution in [2.24, 2.45) is 5.92 Å². The van der Waals surface area contributed by atoms with Gasteiger partial charge in [-0.2, -0.15) is 0 Å². The van der Waals surface area contributed by atoms with E-state index in [9.17, 15) is 9.59 Å². The number of anilines is 2. The van der Waals surface area contributed by atoms with Gasteiger partial charge in [0.15, 0.2) is 0 Å². The van der Waals surface area contributed by atoms with Crippen molar-refractivity contribution < 1.29 is 14.3 Å². The zero-order chi connectivity index (χ0) is 16.2. The quantitative estimate of drug-likeness (QED) is 0.898. The van der Waals surface area contributed by atoms with E-state index in [4.69, 9.17) is 4.74 Å². The van der Waals surface area contributed by atoms with Crippen molar-refractivity contribution in [1.29, 1.82) is 0 Å². The lowest BCUT2D eigenvalue weighted by Crippen LogP contribution is -2.43. The molecule has 1 aromatic carbocycles. The first-order chi connectivity index (χ1) is 11.1. The number of hydrogen-bond donors (Lipinski definition) is 2. The van der Waals surface area contributed by atoms with E-state index in [-0.39, 0.29) is 18.2 Å². The molecular weight excluding hydrogens is 294 g/mol. The van der Waals surface area contributed by atoms with Gasteiger partial charge in [0.1, 0.15) is 6.61 Å². The summed E-state index contributed by atoms with van der Waals surface area (Å²) in [7, 11) is 0. The van der Waals surface area contributed by atoms with E-state index in [0.29, 0.717) is 24.8 Å². The fraction of sp³-hybridized carbons (Fsp3) is 0.529. The molecule has 0 radical (unpaired) electrons. The molecular formula is C17H23N3O3. The Morgan fingerprint density at radius 3 is 2.61 bits per heavy atom. The summed E-state index contributed by atoms with van der Waals surface area (Å²) in [5.74, 6) is 0.526. The Bertz CT molecular complexity index is 573. The Morgan fingerprint density at radius 1 is 1.22 bits per heavy atom. The van der Waals surface area contributed by atoms with E-state index in [2.05, 4.69) is 17.6 Å². The third-order valence-electron chi connectivity index (χ3n) is 4.63. The normalized spacial score (nSPS) is 24.2. The van der Waals surface area contributed by atoms with Crippen LogP contribution in [0.3, 0.4) is 0 Å². The van der Waals surface area contributed by atoms with E-state index in [1.54, 1.807) is 17.0 Å². The summed E-state index contributed by atoms with van der Waals surface area (Å²) in [5, 5.41) is 5.91. The predicted octanol–water partition coefficient (Wildman–Crippen LogP) is 3.34. The number of nitrogens with zero attached hydrogens (tertiary/aromatic N) is 1. The van der Waals surface area contributed by atoms with E-state index in [1.807, 2.05) is 12.1 Å². The first kappa shape index (κ1) is 15.6. The zero-order valence-electron chi connectivity index (χ0n) is 13.4. The maximum atomic E-state index is 12.1. The molecule has 6 heteroatoms. The standard InChI is InChI=1S/C17H23N3O3/c1-12-4-2-3-5-15(12)19-16(21)18-13-6-8-14(9-7-13)20-10-11-23-17(20)22/h6-9,12,15H,2-5,10-11H2,1H3,(H2,18,19,21). The average Bonchev–Trinajstić information content (AvgIpc) is 2.96. The van der Waals surface area contributed by atoms with E-state index >= 15 is 0 Å². The van der Waals surface area contributed by atoms with Gasteiger partial charge in [-0.05, 0) is 43.0 Å². The lowest BCUT2D eigenvalue weighted by atomic mass is 9.86. The van der Waals surface area contributed by atoms with Gasteiger partial charge in [0.2, 0.25) is 0 Å². The third-order valence-corrected chi connectivity index (χ3v) is 4.63. The highest BCUT2D eigenvalue weighted by atomic mass is 16.6. The second-order valence-electron chi connectivity index (χ2n) is 6.28. The largest absolute Gasteiger partial charge is 0.447 e. The maximum Gasteiger partial charge on any atom is 0.414 e. The number of rotatable bonds is 3. The van der Waals surface area contributed by atoms with Gasteiger partial charge in [0.05, 0.1) is 6.54 Å². The Labute approximate surface area is 136 Å². The second-order valence-corrected chi connectivity index (χ2v) is 6.28. The summed E-state index contributed by atoms with van der Waals surface area (Å²) in [6.45, 7) is 3.17. The highest BCUT2D eigenvalue weighted by Gasteiger charge is 2.24. The van der Waals surface area contributed by atoms with E-state index < -0.39 is 0 Å². The molecule has 1 saturated carbocycles. The predicted molar refractivity (Wildman–Crippen MR) is 88.7 cm³/mol. The summed E-state index contributed by atoms with van der Waals surface area (Å²) in [4.78, 5) is 25.2. The Balaban J connectivity index is 1.55. The SMILES string of the molecule is CC1CCCCC1NC(=O)Nc1ccc(N2CCOC2=O)cc1. The van der Waals surface area contributed by atoms with Crippen molar-refractivity contribution in [2.75, 3.05) is 23.4 Å². The smallest absolute Gasteiger partial charge is 0.414 e. The lowest BCUT2D eigenvalue weighted by Gasteiger charge is -2.29. The summed E-state index contributed by atoms with van der Waals surface area (Å²) >= 11 is 0. The van der Waals surface area contributed by atoms with Crippen molar-refractivity contribution in [2.45, 2.75) is 38.6 Å². The second kappa shape index (κ2) is 6.89. The van der Waals surface area contributed by atoms with Crippen LogP contribution in [-0.2, 0) is 4.74 Å². The number of nitrogens with one attached hydrogen (secondary N) is 2. The number of ether oxygens (including phenoxy) is 1. The van der Waals surface area contributed by atoms with Crippen LogP contribution < -0.4 is 15.5 Å². The summed E-state index contributed by atoms with van der Waals surface area (Å²) in [6.07, 6.45) is 4.32. The van der Waals surface area contributed by atoms with Gasteiger partial charge in [-0.15, -0.1) is 0 Å². The van der Waals surface area contributed by atoms with Crippen LogP contribution in [0.2, 0.25) is 0 Å². The van der Waals surface area contributed by atoms with Crippen LogP contribution >= 0.6 is 0 Å². The van der Waals surface area contributed by atoms with Gasteiger partial charge in [-0.1, -0.05) is 19.8 Å². The number of amides is 3. The van der Waals surface area contributed by atoms with Crippen molar-refractivity contribution in [3.05, 3.63) is 24.3 Å². The van der Waals surface area contributed by atoms with Gasteiger partial charge in [0.25, 0.3) is 0 Å². The maximum absolute atomic E-state index is 12.1. The highest BCUT2D eigenvalue weighted by molar-refractivity contribution is 5.91. The average molecular weight is 317 g/mol. The minimum absolute atomic E-state index is 0.169. The van der Waals surface area contributed by atoms with Crippen LogP contribution in [0.1, 0.15) is 32.6 Å². The molecule has 2 atom stereocenters. The molecule has 0 bridgehead atoms. The molecule has 6 nitrogen and oxygen atoms in total. The minimum Gasteiger partial charge on any atom is -0.447 e. The molecule has 124 valence electrons. The number of carbonyl (C=O) groups is 2. The number of cyclic esters (lactones) is 1. The fourth-order valence-electron chi connectivity index (χ4n) is 3.22. The first-order valence-electron chi connectivity index (χ1n) is 8.25. The summed E-state index contributed by atoms with van der Waals surface area (Å²) < 4.78 is 4.92. The number of urea groups is 1. The van der Waals surface area contributed by atoms with Gasteiger partial charge >= 0.3 is 12.1 Å². The molecule has 1 saturated heterocycles. The third kappa shape index (κ3) is 3.75. The van der Waals surface area contributed by atoms with Gasteiger partial charge in [-0.3, -0.25) is 4.90 Å². The fourth-order valence-corrected chi connectivity index (χ4v) is 3.22. The number of benzene rings is 1. The Morgan fingerprint density at radius 2 is 1.96 bits per heavy atom. The zero-order valence-corrected chi connectivity index (χ0v) is 13.4. The van der Waals surface area contributed by atoms with Gasteiger partial charge < -0.3 is 15.4 Å². The van der Waals surface area contributed by atoms with Crippen molar-refractivity contribution in [3.63, 3.8) is 0 Å². The minimum atomic E-state index is -0.324. The summed E-state index contributed by atoms with van der Waals surface area (Å²) in [5.41, 5.74) is 1.49. The molecule has 3 rings (SSSR count). The molecule has 3 amide bonds. The molecule has 1 aliphatic heterocycles. The van der Waals surface area contributed by atoms with Crippen molar-refractivity contribution in [3.8, 4) is 0 Å². The first-order valence-corrected chi connectivity index (χ1v) is 8.25. The van der Waals surface area contributed by atoms with Crippen LogP contribution in [0.5, 0.6) is 0 Å². The molecule has 2 aliphatic rings. The van der Waals surface area contributed by atoms with Crippen LogP contribution in [-0.4, -0.2) is 31.3 Å². The topological polar surface area (TPSA) is 70.7 Å². The van der Waals surface area contributed by atoms with Gasteiger partial charge in [-0.25, -0.2) is 9.59 Å². The van der Waals surface area contributed by atoms with E-state index in [0.717, 1.165) is 12.1 Å². The summed E-state index contributed by atoms with van der Waals surface area (Å²) in [6, 6.07) is 7.30. The molecule has 23 heavy (non-hydrogen) atoms. The monoisotopic (exact) mass is 317 g/mol. The van der Waals surface area contributed by atoms with Gasteiger partial charge in [0, 0.05) is 17.4 Å². The Hall–Kier alpha value is -2.24. The van der Waals surface area contributed by atoms with Crippen LogP contribution in [0.25, 0.3) is 0 Å². The molecule has 0 aromatic heterocycles. The highest BCUT2D eigenvalue weighted by Crippen LogP contribution is 2.24. The molecule has 1 heterocycles. The lowest BCUT2D eigenvalue weighted by molar-refractivity contribution is 0.181. The van der Waals surface area contributed by atoms with Crippen LogP contribution in [0, 0.1) is 5.92 Å². The van der Waals surface area contributed by atoms with Crippen molar-refractivity contribution >= 4 is 23.5 Å². The molecule has 1 aliphatic carbocycles.